The minimum atomic E-state index is 0.115. The Morgan fingerprint density at radius 1 is 1.24 bits per heavy atom. The summed E-state index contributed by atoms with van der Waals surface area (Å²) >= 11 is 0. The molecule has 0 saturated carbocycles. The number of likely N-dealkylation sites (tertiary alicyclic amines) is 2. The molecule has 152 valence electrons. The molecule has 2 atom stereocenters. The number of H-pyrrole nitrogens is 1. The number of nitrogens with zero attached hydrogens (tertiary/aromatic N) is 4. The van der Waals surface area contributed by atoms with Crippen molar-refractivity contribution in [3.63, 3.8) is 0 Å². The Labute approximate surface area is 172 Å². The zero-order chi connectivity index (χ0) is 20.4. The van der Waals surface area contributed by atoms with Gasteiger partial charge in [-0.05, 0) is 37.2 Å². The summed E-state index contributed by atoms with van der Waals surface area (Å²) in [6.45, 7) is 5.48. The average Bonchev–Trinajstić information content (AvgIpc) is 3.34. The van der Waals surface area contributed by atoms with Crippen LogP contribution in [0.3, 0.4) is 0 Å². The van der Waals surface area contributed by atoms with E-state index in [1.807, 2.05) is 42.6 Å². The summed E-state index contributed by atoms with van der Waals surface area (Å²) in [5, 5.41) is 9.03. The molecule has 2 saturated heterocycles. The van der Waals surface area contributed by atoms with Crippen molar-refractivity contribution < 1.29 is 4.79 Å². The zero-order valence-electron chi connectivity index (χ0n) is 17.3. The van der Waals surface area contributed by atoms with E-state index in [2.05, 4.69) is 39.8 Å². The first kappa shape index (κ1) is 19.7. The highest BCUT2D eigenvalue weighted by Crippen LogP contribution is 2.43. The summed E-state index contributed by atoms with van der Waals surface area (Å²) in [4.78, 5) is 22.8. The van der Waals surface area contributed by atoms with Gasteiger partial charge in [-0.25, -0.2) is 0 Å². The molecule has 4 rings (SSSR count). The topological polar surface area (TPSA) is 66.4 Å². The van der Waals surface area contributed by atoms with Gasteiger partial charge in [0.05, 0.1) is 6.42 Å². The van der Waals surface area contributed by atoms with E-state index in [0.717, 1.165) is 50.4 Å². The van der Waals surface area contributed by atoms with Crippen molar-refractivity contribution in [3.05, 3.63) is 59.4 Å². The van der Waals surface area contributed by atoms with Gasteiger partial charge in [-0.2, -0.15) is 5.26 Å². The summed E-state index contributed by atoms with van der Waals surface area (Å²) in [5.74, 6) is 0.721. The van der Waals surface area contributed by atoms with E-state index in [-0.39, 0.29) is 11.3 Å². The lowest BCUT2D eigenvalue weighted by Gasteiger charge is -2.32. The van der Waals surface area contributed by atoms with Gasteiger partial charge in [0.1, 0.15) is 11.8 Å². The van der Waals surface area contributed by atoms with Crippen molar-refractivity contribution in [1.82, 2.24) is 19.7 Å². The Hall–Kier alpha value is -2.62. The highest BCUT2D eigenvalue weighted by Gasteiger charge is 2.53. The molecular weight excluding hydrogens is 362 g/mol. The highest BCUT2D eigenvalue weighted by atomic mass is 16.2. The van der Waals surface area contributed by atoms with Crippen LogP contribution in [0.1, 0.15) is 16.8 Å². The molecular formula is C23H29N5O. The van der Waals surface area contributed by atoms with Gasteiger partial charge in [-0.3, -0.25) is 9.69 Å². The Morgan fingerprint density at radius 2 is 2.03 bits per heavy atom. The van der Waals surface area contributed by atoms with E-state index in [4.69, 9.17) is 5.26 Å². The Balaban J connectivity index is 1.44. The molecule has 3 heterocycles. The first-order valence-electron chi connectivity index (χ1n) is 10.2. The number of amides is 1. The fourth-order valence-electron chi connectivity index (χ4n) is 5.19. The minimum absolute atomic E-state index is 0.115. The lowest BCUT2D eigenvalue weighted by atomic mass is 9.80. The highest BCUT2D eigenvalue weighted by molar-refractivity contribution is 5.79. The maximum absolute atomic E-state index is 12.9. The van der Waals surface area contributed by atoms with E-state index in [1.54, 1.807) is 0 Å². The van der Waals surface area contributed by atoms with E-state index in [1.165, 1.54) is 0 Å². The fourth-order valence-corrected chi connectivity index (χ4v) is 5.19. The number of nitrogens with one attached hydrogen (secondary N) is 1. The van der Waals surface area contributed by atoms with Crippen LogP contribution in [0.4, 0.5) is 0 Å². The molecule has 6 heteroatoms. The number of carbonyl (C=O) groups excluding carboxylic acids is 1. The number of aromatic amines is 1. The summed E-state index contributed by atoms with van der Waals surface area (Å²) < 4.78 is 0. The Kier molecular flexibility index (Phi) is 5.44. The van der Waals surface area contributed by atoms with Crippen molar-refractivity contribution >= 4 is 5.91 Å². The van der Waals surface area contributed by atoms with E-state index >= 15 is 0 Å². The van der Waals surface area contributed by atoms with Crippen molar-refractivity contribution in [2.24, 2.45) is 11.3 Å². The molecule has 2 unspecified atom stereocenters. The van der Waals surface area contributed by atoms with Crippen LogP contribution in [-0.4, -0.2) is 72.4 Å². The van der Waals surface area contributed by atoms with Gasteiger partial charge in [0.2, 0.25) is 5.91 Å². The zero-order valence-corrected chi connectivity index (χ0v) is 17.3. The summed E-state index contributed by atoms with van der Waals surface area (Å²) in [5.41, 5.74) is 2.96. The van der Waals surface area contributed by atoms with Crippen LogP contribution in [0.15, 0.2) is 42.6 Å². The number of hydrogen-bond donors (Lipinski definition) is 1. The van der Waals surface area contributed by atoms with E-state index in [9.17, 15) is 4.79 Å². The van der Waals surface area contributed by atoms with Gasteiger partial charge < -0.3 is 14.8 Å². The molecule has 0 radical (unpaired) electrons. The number of hydrogen-bond acceptors (Lipinski definition) is 4. The summed E-state index contributed by atoms with van der Waals surface area (Å²) in [6, 6.07) is 14.1. The van der Waals surface area contributed by atoms with Gasteiger partial charge in [0, 0.05) is 50.9 Å². The molecule has 2 aliphatic heterocycles. The van der Waals surface area contributed by atoms with Crippen LogP contribution < -0.4 is 0 Å². The maximum atomic E-state index is 12.9. The molecule has 1 aromatic carbocycles. The second-order valence-corrected chi connectivity index (χ2v) is 8.94. The quantitative estimate of drug-likeness (QED) is 0.817. The van der Waals surface area contributed by atoms with Crippen LogP contribution in [0, 0.1) is 22.7 Å². The largest absolute Gasteiger partial charge is 0.353 e. The van der Waals surface area contributed by atoms with Crippen molar-refractivity contribution in [1.29, 1.82) is 5.26 Å². The lowest BCUT2D eigenvalue weighted by Crippen LogP contribution is -2.43. The number of fused-ring (bicyclic) bond motifs is 1. The first-order valence-corrected chi connectivity index (χ1v) is 10.2. The van der Waals surface area contributed by atoms with Crippen molar-refractivity contribution in [2.75, 3.05) is 46.8 Å². The number of nitriles is 1. The SMILES string of the molecule is CN(C)CC12CN(Cc3c[nH]c(C#N)c3)CC1CN(C(=O)Cc1ccccc1)C2. The van der Waals surface area contributed by atoms with Crippen LogP contribution >= 0.6 is 0 Å². The number of rotatable bonds is 6. The molecule has 6 nitrogen and oxygen atoms in total. The molecule has 2 aliphatic rings. The second kappa shape index (κ2) is 8.02. The molecule has 0 aliphatic carbocycles. The van der Waals surface area contributed by atoms with Gasteiger partial charge in [-0.1, -0.05) is 30.3 Å². The van der Waals surface area contributed by atoms with Crippen LogP contribution in [0.5, 0.6) is 0 Å². The van der Waals surface area contributed by atoms with Crippen molar-refractivity contribution in [2.45, 2.75) is 13.0 Å². The van der Waals surface area contributed by atoms with E-state index < -0.39 is 0 Å². The van der Waals surface area contributed by atoms with Gasteiger partial charge >= 0.3 is 0 Å². The maximum Gasteiger partial charge on any atom is 0.227 e. The van der Waals surface area contributed by atoms with Gasteiger partial charge in [0.25, 0.3) is 0 Å². The molecule has 1 aromatic heterocycles. The Morgan fingerprint density at radius 3 is 2.72 bits per heavy atom. The fraction of sp³-hybridized carbons (Fsp3) is 0.478. The molecule has 0 bridgehead atoms. The van der Waals surface area contributed by atoms with Gasteiger partial charge in [-0.15, -0.1) is 0 Å². The van der Waals surface area contributed by atoms with Gasteiger partial charge in [0.15, 0.2) is 0 Å². The predicted molar refractivity (Wildman–Crippen MR) is 112 cm³/mol. The standard InChI is InChI=1S/C23H29N5O/c1-26(2)15-23-16-27(12-19-8-21(10-24)25-11-19)13-20(23)14-28(17-23)22(29)9-18-6-4-3-5-7-18/h3-8,11,20,25H,9,12-17H2,1-2H3. The third kappa shape index (κ3) is 4.21. The third-order valence-corrected chi connectivity index (χ3v) is 6.28. The normalized spacial score (nSPS) is 24.1. The van der Waals surface area contributed by atoms with E-state index in [0.29, 0.717) is 18.0 Å². The summed E-state index contributed by atoms with van der Waals surface area (Å²) in [7, 11) is 4.24. The molecule has 2 fully saturated rings. The molecule has 1 amide bonds. The molecule has 0 spiro atoms. The smallest absolute Gasteiger partial charge is 0.227 e. The minimum Gasteiger partial charge on any atom is -0.353 e. The lowest BCUT2D eigenvalue weighted by molar-refractivity contribution is -0.130. The predicted octanol–water partition coefficient (Wildman–Crippen LogP) is 1.95. The van der Waals surface area contributed by atoms with Crippen LogP contribution in [0.25, 0.3) is 0 Å². The second-order valence-electron chi connectivity index (χ2n) is 8.94. The average molecular weight is 392 g/mol. The van der Waals surface area contributed by atoms with Crippen LogP contribution in [-0.2, 0) is 17.8 Å². The molecule has 29 heavy (non-hydrogen) atoms. The number of benzene rings is 1. The molecule has 2 aromatic rings. The number of carbonyl (C=O) groups is 1. The first-order chi connectivity index (χ1) is 14.0. The monoisotopic (exact) mass is 391 g/mol. The third-order valence-electron chi connectivity index (χ3n) is 6.28. The number of aromatic nitrogens is 1. The Bertz CT molecular complexity index is 899. The van der Waals surface area contributed by atoms with Crippen LogP contribution in [0.2, 0.25) is 0 Å². The summed E-state index contributed by atoms with van der Waals surface area (Å²) in [6.07, 6.45) is 2.41. The molecule has 1 N–H and O–H groups in total. The van der Waals surface area contributed by atoms with Crippen molar-refractivity contribution in [3.8, 4) is 6.07 Å².